The molecule has 0 aliphatic heterocycles. The predicted octanol–water partition coefficient (Wildman–Crippen LogP) is 3.99. The van der Waals surface area contributed by atoms with E-state index in [2.05, 4.69) is 19.7 Å². The van der Waals surface area contributed by atoms with Crippen LogP contribution in [0.3, 0.4) is 0 Å². The van der Waals surface area contributed by atoms with E-state index in [0.29, 0.717) is 11.8 Å². The summed E-state index contributed by atoms with van der Waals surface area (Å²) in [4.78, 5) is 18.7. The molecule has 0 N–H and O–H groups in total. The van der Waals surface area contributed by atoms with E-state index in [1.807, 2.05) is 56.4 Å². The Morgan fingerprint density at radius 1 is 1.21 bits per heavy atom. The number of amides is 1. The average molecular weight is 394 g/mol. The number of hydrogen-bond donors (Lipinski definition) is 0. The van der Waals surface area contributed by atoms with Crippen LogP contribution in [0.2, 0.25) is 0 Å². The van der Waals surface area contributed by atoms with Gasteiger partial charge in [-0.1, -0.05) is 42.1 Å². The molecule has 3 aromatic rings. The summed E-state index contributed by atoms with van der Waals surface area (Å²) in [6.07, 6.45) is 5.80. The summed E-state index contributed by atoms with van der Waals surface area (Å²) in [6, 6.07) is 14.4. The quantitative estimate of drug-likeness (QED) is 0.568. The number of carbonyl (C=O) groups excluding carboxylic acids is 1. The lowest BCUT2D eigenvalue weighted by molar-refractivity contribution is -0.128. The number of thioether (sulfide) groups is 1. The first-order valence-corrected chi connectivity index (χ1v) is 10.4. The minimum Gasteiger partial charge on any atom is -0.338 e. The highest BCUT2D eigenvalue weighted by Gasteiger charge is 2.30. The Hall–Kier alpha value is -2.67. The van der Waals surface area contributed by atoms with Gasteiger partial charge in [0.05, 0.1) is 11.8 Å². The largest absolute Gasteiger partial charge is 0.338 e. The number of pyridine rings is 1. The predicted molar refractivity (Wildman–Crippen MR) is 110 cm³/mol. The highest BCUT2D eigenvalue weighted by atomic mass is 32.2. The molecule has 2 aromatic heterocycles. The molecule has 28 heavy (non-hydrogen) atoms. The Morgan fingerprint density at radius 2 is 2.00 bits per heavy atom. The van der Waals surface area contributed by atoms with Crippen molar-refractivity contribution in [1.82, 2.24) is 24.6 Å². The van der Waals surface area contributed by atoms with Crippen LogP contribution >= 0.6 is 11.8 Å². The molecule has 0 bridgehead atoms. The van der Waals surface area contributed by atoms with E-state index in [9.17, 15) is 4.79 Å². The number of aromatic nitrogens is 4. The van der Waals surface area contributed by atoms with Crippen molar-refractivity contribution in [2.24, 2.45) is 0 Å². The van der Waals surface area contributed by atoms with Crippen LogP contribution in [0.25, 0.3) is 11.4 Å². The maximum absolute atomic E-state index is 12.7. The fourth-order valence-electron chi connectivity index (χ4n) is 3.13. The summed E-state index contributed by atoms with van der Waals surface area (Å²) in [5.74, 6) is 1.25. The van der Waals surface area contributed by atoms with E-state index in [-0.39, 0.29) is 11.9 Å². The van der Waals surface area contributed by atoms with Gasteiger partial charge in [-0.05, 0) is 37.5 Å². The van der Waals surface area contributed by atoms with Crippen molar-refractivity contribution in [2.45, 2.75) is 37.0 Å². The van der Waals surface area contributed by atoms with Crippen LogP contribution in [0.1, 0.15) is 37.4 Å². The van der Waals surface area contributed by atoms with Gasteiger partial charge in [0, 0.05) is 31.0 Å². The van der Waals surface area contributed by atoms with Gasteiger partial charge in [0.1, 0.15) is 0 Å². The van der Waals surface area contributed by atoms with Gasteiger partial charge >= 0.3 is 0 Å². The zero-order chi connectivity index (χ0) is 19.5. The van der Waals surface area contributed by atoms with Gasteiger partial charge in [-0.2, -0.15) is 0 Å². The lowest BCUT2D eigenvalue weighted by atomic mass is 10.1. The molecule has 144 valence electrons. The number of hydrogen-bond acceptors (Lipinski definition) is 5. The van der Waals surface area contributed by atoms with E-state index in [4.69, 9.17) is 0 Å². The van der Waals surface area contributed by atoms with Crippen LogP contribution in [0.5, 0.6) is 0 Å². The summed E-state index contributed by atoms with van der Waals surface area (Å²) < 4.78 is 2.16. The summed E-state index contributed by atoms with van der Waals surface area (Å²) in [5.41, 5.74) is 2.08. The number of rotatable bonds is 7. The molecule has 7 heteroatoms. The fourth-order valence-corrected chi connectivity index (χ4v) is 4.06. The van der Waals surface area contributed by atoms with Gasteiger partial charge in [-0.25, -0.2) is 0 Å². The van der Waals surface area contributed by atoms with Crippen molar-refractivity contribution < 1.29 is 4.79 Å². The first kappa shape index (κ1) is 18.7. The van der Waals surface area contributed by atoms with Crippen LogP contribution in [0.15, 0.2) is 60.0 Å². The molecule has 0 saturated heterocycles. The standard InChI is InChI=1S/C21H23N5OS/c1-15(16-7-4-3-5-8-16)25(2)19(27)14-28-21-24-23-20(26(21)18-10-11-18)17-9-6-12-22-13-17/h3-9,12-13,15,18H,10-11,14H2,1-2H3. The average Bonchev–Trinajstić information content (AvgIpc) is 3.51. The molecule has 6 nitrogen and oxygen atoms in total. The monoisotopic (exact) mass is 393 g/mol. The Balaban J connectivity index is 1.46. The minimum atomic E-state index is 0.0292. The van der Waals surface area contributed by atoms with E-state index in [1.54, 1.807) is 17.3 Å². The van der Waals surface area contributed by atoms with Gasteiger partial charge in [0.2, 0.25) is 5.91 Å². The van der Waals surface area contributed by atoms with Crippen molar-refractivity contribution in [3.05, 3.63) is 60.4 Å². The van der Waals surface area contributed by atoms with E-state index < -0.39 is 0 Å². The van der Waals surface area contributed by atoms with Crippen LogP contribution in [0.4, 0.5) is 0 Å². The first-order valence-electron chi connectivity index (χ1n) is 9.44. The SMILES string of the molecule is CC(c1ccccc1)N(C)C(=O)CSc1nnc(-c2cccnc2)n1C1CC1. The lowest BCUT2D eigenvalue weighted by Gasteiger charge is -2.25. The van der Waals surface area contributed by atoms with Gasteiger partial charge < -0.3 is 4.90 Å². The van der Waals surface area contributed by atoms with Crippen molar-refractivity contribution in [3.63, 3.8) is 0 Å². The Kier molecular flexibility index (Phi) is 5.43. The molecule has 1 aromatic carbocycles. The molecular weight excluding hydrogens is 370 g/mol. The summed E-state index contributed by atoms with van der Waals surface area (Å²) in [6.45, 7) is 2.05. The van der Waals surface area contributed by atoms with Crippen molar-refractivity contribution >= 4 is 17.7 Å². The number of nitrogens with zero attached hydrogens (tertiary/aromatic N) is 5. The molecular formula is C21H23N5OS. The molecule has 1 fully saturated rings. The van der Waals surface area contributed by atoms with Gasteiger partial charge in [0.25, 0.3) is 0 Å². The van der Waals surface area contributed by atoms with Gasteiger partial charge in [0.15, 0.2) is 11.0 Å². The topological polar surface area (TPSA) is 63.9 Å². The normalized spacial score (nSPS) is 14.6. The van der Waals surface area contributed by atoms with Crippen molar-refractivity contribution in [3.8, 4) is 11.4 Å². The number of carbonyl (C=O) groups is 1. The third-order valence-corrected chi connectivity index (χ3v) is 6.01. The van der Waals surface area contributed by atoms with Crippen LogP contribution in [-0.4, -0.2) is 43.4 Å². The second-order valence-electron chi connectivity index (χ2n) is 7.03. The molecule has 1 aliphatic carbocycles. The summed E-state index contributed by atoms with van der Waals surface area (Å²) in [5, 5.41) is 9.55. The third kappa shape index (κ3) is 3.94. The van der Waals surface area contributed by atoms with Crippen LogP contribution in [0, 0.1) is 0 Å². The zero-order valence-corrected chi connectivity index (χ0v) is 16.8. The number of benzene rings is 1. The minimum absolute atomic E-state index is 0.0292. The highest BCUT2D eigenvalue weighted by molar-refractivity contribution is 7.99. The maximum atomic E-state index is 12.7. The smallest absolute Gasteiger partial charge is 0.233 e. The third-order valence-electron chi connectivity index (χ3n) is 5.08. The molecule has 1 saturated carbocycles. The van der Waals surface area contributed by atoms with Gasteiger partial charge in [-0.3, -0.25) is 14.3 Å². The molecule has 1 amide bonds. The van der Waals surface area contributed by atoms with Gasteiger partial charge in [-0.15, -0.1) is 10.2 Å². The van der Waals surface area contributed by atoms with E-state index in [0.717, 1.165) is 34.9 Å². The molecule has 1 aliphatic rings. The molecule has 0 spiro atoms. The van der Waals surface area contributed by atoms with Crippen LogP contribution in [-0.2, 0) is 4.79 Å². The Bertz CT molecular complexity index is 940. The van der Waals surface area contributed by atoms with Crippen LogP contribution < -0.4 is 0 Å². The van der Waals surface area contributed by atoms with E-state index >= 15 is 0 Å². The summed E-state index contributed by atoms with van der Waals surface area (Å²) >= 11 is 1.46. The molecule has 1 unspecified atom stereocenters. The van der Waals surface area contributed by atoms with E-state index in [1.165, 1.54) is 11.8 Å². The zero-order valence-electron chi connectivity index (χ0n) is 16.0. The fraction of sp³-hybridized carbons (Fsp3) is 0.333. The second-order valence-corrected chi connectivity index (χ2v) is 7.97. The second kappa shape index (κ2) is 8.14. The Morgan fingerprint density at radius 3 is 2.68 bits per heavy atom. The molecule has 2 heterocycles. The Labute approximate surface area is 169 Å². The lowest BCUT2D eigenvalue weighted by Crippen LogP contribution is -2.31. The highest BCUT2D eigenvalue weighted by Crippen LogP contribution is 2.41. The van der Waals surface area contributed by atoms with Crippen molar-refractivity contribution in [1.29, 1.82) is 0 Å². The summed E-state index contributed by atoms with van der Waals surface area (Å²) in [7, 11) is 1.85. The molecule has 0 radical (unpaired) electrons. The molecule has 4 rings (SSSR count). The first-order chi connectivity index (χ1) is 13.6. The van der Waals surface area contributed by atoms with Crippen molar-refractivity contribution in [2.75, 3.05) is 12.8 Å². The molecule has 1 atom stereocenters. The maximum Gasteiger partial charge on any atom is 0.233 e.